The van der Waals surface area contributed by atoms with Gasteiger partial charge >= 0.3 is 12.1 Å². The first-order valence-electron chi connectivity index (χ1n) is 7.25. The largest absolute Gasteiger partial charge is 0.453 e. The number of carbonyl (C=O) groups excluding carboxylic acids is 2. The highest BCUT2D eigenvalue weighted by Crippen LogP contribution is 2.13. The number of hydrogen-bond acceptors (Lipinski definition) is 7. The molecule has 1 aromatic rings. The van der Waals surface area contributed by atoms with E-state index in [-0.39, 0.29) is 11.9 Å². The van der Waals surface area contributed by atoms with Crippen molar-refractivity contribution in [1.29, 1.82) is 0 Å². The van der Waals surface area contributed by atoms with E-state index in [1.165, 1.54) is 11.8 Å². The molecule has 1 atom stereocenters. The first kappa shape index (κ1) is 19.2. The number of nitrogens with one attached hydrogen (secondary N) is 1. The van der Waals surface area contributed by atoms with E-state index in [9.17, 15) is 9.59 Å². The second-order valence-electron chi connectivity index (χ2n) is 6.12. The lowest BCUT2D eigenvalue weighted by molar-refractivity contribution is -0.145. The van der Waals surface area contributed by atoms with E-state index >= 15 is 0 Å². The molecule has 1 heterocycles. The maximum Gasteiger partial charge on any atom is 0.408 e. The molecule has 0 bridgehead atoms. The molecule has 0 radical (unpaired) electrons. The molecule has 0 aliphatic rings. The van der Waals surface area contributed by atoms with Gasteiger partial charge in [0.2, 0.25) is 0 Å². The summed E-state index contributed by atoms with van der Waals surface area (Å²) >= 11 is 1.20. The van der Waals surface area contributed by atoms with Crippen LogP contribution in [0.4, 0.5) is 4.79 Å². The summed E-state index contributed by atoms with van der Waals surface area (Å²) in [6, 6.07) is 0.928. The number of ether oxygens (including phenoxy) is 2. The van der Waals surface area contributed by atoms with Crippen molar-refractivity contribution in [3.63, 3.8) is 0 Å². The van der Waals surface area contributed by atoms with Gasteiger partial charge in [-0.05, 0) is 44.5 Å². The second kappa shape index (κ2) is 8.71. The lowest BCUT2D eigenvalue weighted by Crippen LogP contribution is -2.47. The van der Waals surface area contributed by atoms with Gasteiger partial charge in [0.25, 0.3) is 0 Å². The van der Waals surface area contributed by atoms with Gasteiger partial charge in [-0.25, -0.2) is 19.6 Å². The van der Waals surface area contributed by atoms with Gasteiger partial charge in [-0.2, -0.15) is 0 Å². The summed E-state index contributed by atoms with van der Waals surface area (Å²) < 4.78 is 10.3. The van der Waals surface area contributed by atoms with Crippen molar-refractivity contribution >= 4 is 23.8 Å². The van der Waals surface area contributed by atoms with E-state index in [1.54, 1.807) is 39.2 Å². The van der Waals surface area contributed by atoms with Crippen molar-refractivity contribution in [2.45, 2.75) is 51.4 Å². The molecule has 1 amide bonds. The fourth-order valence-electron chi connectivity index (χ4n) is 1.52. The Morgan fingerprint density at radius 2 is 1.87 bits per heavy atom. The van der Waals surface area contributed by atoms with Gasteiger partial charge in [-0.15, -0.1) is 0 Å². The third kappa shape index (κ3) is 7.83. The van der Waals surface area contributed by atoms with Crippen LogP contribution in [-0.2, 0) is 14.3 Å². The Labute approximate surface area is 140 Å². The topological polar surface area (TPSA) is 90.4 Å². The highest BCUT2D eigenvalue weighted by atomic mass is 32.2. The first-order chi connectivity index (χ1) is 10.7. The standard InChI is InChI=1S/C15H23N3O4S/c1-10(2)11(18-14(20)22-15(3,4)5)12(19)21-9-23-13-16-7-6-8-17-13/h6-8,10-11H,9H2,1-5H3,(H,18,20)/t11-/m0/s1. The number of amides is 1. The van der Waals surface area contributed by atoms with E-state index in [0.29, 0.717) is 5.16 Å². The molecular formula is C15H23N3O4S. The molecular weight excluding hydrogens is 318 g/mol. The zero-order valence-corrected chi connectivity index (χ0v) is 14.8. The van der Waals surface area contributed by atoms with Crippen molar-refractivity contribution in [2.75, 3.05) is 5.94 Å². The van der Waals surface area contributed by atoms with Crippen LogP contribution in [0.1, 0.15) is 34.6 Å². The Morgan fingerprint density at radius 3 is 2.39 bits per heavy atom. The number of hydrogen-bond donors (Lipinski definition) is 1. The van der Waals surface area contributed by atoms with E-state index in [2.05, 4.69) is 15.3 Å². The zero-order chi connectivity index (χ0) is 17.5. The molecule has 0 aromatic carbocycles. The minimum Gasteiger partial charge on any atom is -0.453 e. The lowest BCUT2D eigenvalue weighted by Gasteiger charge is -2.24. The Balaban J connectivity index is 2.49. The summed E-state index contributed by atoms with van der Waals surface area (Å²) in [5, 5.41) is 3.06. The number of thioether (sulfide) groups is 1. The van der Waals surface area contributed by atoms with Gasteiger partial charge in [0.05, 0.1) is 0 Å². The molecule has 0 fully saturated rings. The summed E-state index contributed by atoms with van der Waals surface area (Å²) in [7, 11) is 0. The van der Waals surface area contributed by atoms with Gasteiger partial charge in [0.15, 0.2) is 5.16 Å². The minimum atomic E-state index is -0.776. The fraction of sp³-hybridized carbons (Fsp3) is 0.600. The van der Waals surface area contributed by atoms with E-state index < -0.39 is 23.7 Å². The highest BCUT2D eigenvalue weighted by molar-refractivity contribution is 7.99. The minimum absolute atomic E-state index is 0.0715. The smallest absolute Gasteiger partial charge is 0.408 e. The first-order valence-corrected chi connectivity index (χ1v) is 8.23. The molecule has 1 aromatic heterocycles. The van der Waals surface area contributed by atoms with Crippen molar-refractivity contribution in [3.8, 4) is 0 Å². The van der Waals surface area contributed by atoms with Crippen LogP contribution < -0.4 is 5.32 Å². The number of carbonyl (C=O) groups is 2. The van der Waals surface area contributed by atoms with Crippen LogP contribution in [0.2, 0.25) is 0 Å². The van der Waals surface area contributed by atoms with Gasteiger partial charge in [0, 0.05) is 12.4 Å². The summed E-state index contributed by atoms with van der Waals surface area (Å²) in [4.78, 5) is 32.0. The number of alkyl carbamates (subject to hydrolysis) is 1. The predicted octanol–water partition coefficient (Wildman–Crippen LogP) is 2.62. The third-order valence-electron chi connectivity index (χ3n) is 2.52. The van der Waals surface area contributed by atoms with Crippen LogP contribution in [0.5, 0.6) is 0 Å². The van der Waals surface area contributed by atoms with Gasteiger partial charge in [-0.1, -0.05) is 13.8 Å². The monoisotopic (exact) mass is 341 g/mol. The molecule has 0 saturated heterocycles. The molecule has 0 aliphatic carbocycles. The predicted molar refractivity (Wildman–Crippen MR) is 86.8 cm³/mol. The van der Waals surface area contributed by atoms with Gasteiger partial charge in [-0.3, -0.25) is 0 Å². The molecule has 1 N–H and O–H groups in total. The van der Waals surface area contributed by atoms with Crippen LogP contribution in [0.25, 0.3) is 0 Å². The van der Waals surface area contributed by atoms with Crippen LogP contribution >= 0.6 is 11.8 Å². The summed E-state index contributed by atoms with van der Waals surface area (Å²) in [6.07, 6.45) is 2.57. The maximum absolute atomic E-state index is 12.1. The van der Waals surface area contributed by atoms with Crippen molar-refractivity contribution in [3.05, 3.63) is 18.5 Å². The van der Waals surface area contributed by atoms with Crippen LogP contribution in [0.3, 0.4) is 0 Å². The number of aromatic nitrogens is 2. The van der Waals surface area contributed by atoms with Crippen LogP contribution in [-0.4, -0.2) is 39.6 Å². The Morgan fingerprint density at radius 1 is 1.26 bits per heavy atom. The van der Waals surface area contributed by atoms with Gasteiger partial charge in [0.1, 0.15) is 17.6 Å². The van der Waals surface area contributed by atoms with E-state index in [0.717, 1.165) is 0 Å². The Kier molecular flexibility index (Phi) is 7.28. The molecule has 0 aliphatic heterocycles. The van der Waals surface area contributed by atoms with Crippen LogP contribution in [0, 0.1) is 5.92 Å². The lowest BCUT2D eigenvalue weighted by atomic mass is 10.1. The SMILES string of the molecule is CC(C)[C@H](NC(=O)OC(C)(C)C)C(=O)OCSc1ncccn1. The quantitative estimate of drug-likeness (QED) is 0.368. The molecule has 0 unspecified atom stereocenters. The normalized spacial score (nSPS) is 12.6. The Hall–Kier alpha value is -1.83. The van der Waals surface area contributed by atoms with Crippen molar-refractivity contribution < 1.29 is 19.1 Å². The van der Waals surface area contributed by atoms with Gasteiger partial charge < -0.3 is 14.8 Å². The summed E-state index contributed by atoms with van der Waals surface area (Å²) in [5.41, 5.74) is -0.629. The molecule has 0 spiro atoms. The molecule has 128 valence electrons. The van der Waals surface area contributed by atoms with E-state index in [1.807, 2.05) is 13.8 Å². The Bertz CT molecular complexity index is 517. The fourth-order valence-corrected chi connectivity index (χ4v) is 2.07. The average molecular weight is 341 g/mol. The van der Waals surface area contributed by atoms with Crippen molar-refractivity contribution in [1.82, 2.24) is 15.3 Å². The third-order valence-corrected chi connectivity index (χ3v) is 3.23. The number of nitrogens with zero attached hydrogens (tertiary/aromatic N) is 2. The molecule has 7 nitrogen and oxygen atoms in total. The van der Waals surface area contributed by atoms with E-state index in [4.69, 9.17) is 9.47 Å². The maximum atomic E-state index is 12.1. The summed E-state index contributed by atoms with van der Waals surface area (Å²) in [5.74, 6) is -0.579. The summed E-state index contributed by atoms with van der Waals surface area (Å²) in [6.45, 7) is 8.90. The molecule has 0 saturated carbocycles. The molecule has 1 rings (SSSR count). The average Bonchev–Trinajstić information content (AvgIpc) is 2.43. The molecule has 8 heteroatoms. The van der Waals surface area contributed by atoms with Crippen LogP contribution in [0.15, 0.2) is 23.6 Å². The highest BCUT2D eigenvalue weighted by Gasteiger charge is 2.28. The number of esters is 1. The second-order valence-corrected chi connectivity index (χ2v) is 7.01. The van der Waals surface area contributed by atoms with Crippen molar-refractivity contribution in [2.24, 2.45) is 5.92 Å². The zero-order valence-electron chi connectivity index (χ0n) is 14.0. The molecule has 23 heavy (non-hydrogen) atoms. The number of rotatable bonds is 6.